The van der Waals surface area contributed by atoms with E-state index in [2.05, 4.69) is 9.88 Å². The van der Waals surface area contributed by atoms with Gasteiger partial charge in [-0.05, 0) is 60.2 Å². The molecular formula is C28H24ClN5O4S. The number of aromatic nitrogens is 1. The second-order valence-electron chi connectivity index (χ2n) is 8.96. The van der Waals surface area contributed by atoms with E-state index in [1.165, 1.54) is 35.6 Å². The van der Waals surface area contributed by atoms with Gasteiger partial charge in [-0.1, -0.05) is 17.7 Å². The number of nitro benzene ring substituents is 1. The topological polar surface area (TPSA) is 99.9 Å². The Kier molecular flexibility index (Phi) is 7.85. The lowest BCUT2D eigenvalue weighted by Crippen LogP contribution is -2.48. The van der Waals surface area contributed by atoms with Gasteiger partial charge in [-0.3, -0.25) is 24.7 Å². The zero-order valence-electron chi connectivity index (χ0n) is 20.8. The van der Waals surface area contributed by atoms with E-state index in [0.29, 0.717) is 46.6 Å². The van der Waals surface area contributed by atoms with Crippen molar-refractivity contribution in [2.24, 2.45) is 0 Å². The Morgan fingerprint density at radius 2 is 1.69 bits per heavy atom. The van der Waals surface area contributed by atoms with Crippen LogP contribution in [0.25, 0.3) is 0 Å². The van der Waals surface area contributed by atoms with Gasteiger partial charge in [0.2, 0.25) is 0 Å². The van der Waals surface area contributed by atoms with Gasteiger partial charge >= 0.3 is 0 Å². The van der Waals surface area contributed by atoms with E-state index in [4.69, 9.17) is 11.6 Å². The molecule has 0 unspecified atom stereocenters. The summed E-state index contributed by atoms with van der Waals surface area (Å²) in [4.78, 5) is 47.3. The molecule has 1 fully saturated rings. The van der Waals surface area contributed by atoms with Gasteiger partial charge < -0.3 is 14.7 Å². The minimum Gasteiger partial charge on any atom is -0.368 e. The maximum Gasteiger partial charge on any atom is 0.269 e. The molecule has 0 atom stereocenters. The number of pyridine rings is 1. The Labute approximate surface area is 234 Å². The van der Waals surface area contributed by atoms with Crippen molar-refractivity contribution in [3.63, 3.8) is 0 Å². The molecule has 0 aliphatic carbocycles. The van der Waals surface area contributed by atoms with Crippen LogP contribution in [0.15, 0.2) is 85.2 Å². The number of non-ortho nitro benzene ring substituents is 1. The molecule has 1 saturated heterocycles. The molecule has 4 aromatic rings. The highest BCUT2D eigenvalue weighted by Crippen LogP contribution is 2.27. The van der Waals surface area contributed by atoms with Crippen LogP contribution in [-0.4, -0.2) is 52.8 Å². The molecule has 0 spiro atoms. The summed E-state index contributed by atoms with van der Waals surface area (Å²) in [5.41, 5.74) is 2.81. The number of nitro groups is 1. The van der Waals surface area contributed by atoms with E-state index >= 15 is 0 Å². The molecule has 9 nitrogen and oxygen atoms in total. The quantitative estimate of drug-likeness (QED) is 0.218. The van der Waals surface area contributed by atoms with Crippen LogP contribution in [0.1, 0.15) is 25.6 Å². The third-order valence-electron chi connectivity index (χ3n) is 6.51. The fraction of sp³-hybridized carbons (Fsp3) is 0.179. The molecule has 2 aromatic carbocycles. The third-order valence-corrected chi connectivity index (χ3v) is 7.73. The number of carbonyl (C=O) groups is 2. The Morgan fingerprint density at radius 1 is 0.974 bits per heavy atom. The third kappa shape index (κ3) is 6.08. The average Bonchev–Trinajstić information content (AvgIpc) is 3.42. The summed E-state index contributed by atoms with van der Waals surface area (Å²) >= 11 is 7.27. The summed E-state index contributed by atoms with van der Waals surface area (Å²) < 4.78 is 0.599. The van der Waals surface area contributed by atoms with Crippen molar-refractivity contribution in [2.45, 2.75) is 6.54 Å². The minimum absolute atomic E-state index is 0.00213. The summed E-state index contributed by atoms with van der Waals surface area (Å²) in [6, 6.07) is 20.5. The van der Waals surface area contributed by atoms with Crippen LogP contribution in [0.4, 0.5) is 17.1 Å². The van der Waals surface area contributed by atoms with Crippen LogP contribution in [0, 0.1) is 10.1 Å². The number of amides is 2. The van der Waals surface area contributed by atoms with Gasteiger partial charge in [-0.2, -0.15) is 0 Å². The normalized spacial score (nSPS) is 13.3. The molecule has 1 aliphatic heterocycles. The van der Waals surface area contributed by atoms with Crippen LogP contribution in [0.5, 0.6) is 0 Å². The van der Waals surface area contributed by atoms with Crippen molar-refractivity contribution in [3.8, 4) is 0 Å². The Morgan fingerprint density at radius 3 is 2.28 bits per heavy atom. The fourth-order valence-corrected chi connectivity index (χ4v) is 5.44. The van der Waals surface area contributed by atoms with Crippen molar-refractivity contribution in [3.05, 3.63) is 116 Å². The molecule has 3 heterocycles. The van der Waals surface area contributed by atoms with Gasteiger partial charge in [-0.15, -0.1) is 11.3 Å². The predicted octanol–water partition coefficient (Wildman–Crippen LogP) is 5.51. The van der Waals surface area contributed by atoms with Gasteiger partial charge in [0.15, 0.2) is 0 Å². The second kappa shape index (κ2) is 11.6. The molecule has 0 N–H and O–H groups in total. The largest absolute Gasteiger partial charge is 0.368 e. The number of nitrogens with zero attached hydrogens (tertiary/aromatic N) is 5. The van der Waals surface area contributed by atoms with Crippen LogP contribution >= 0.6 is 22.9 Å². The van der Waals surface area contributed by atoms with E-state index in [1.807, 2.05) is 41.3 Å². The smallest absolute Gasteiger partial charge is 0.269 e. The zero-order chi connectivity index (χ0) is 27.4. The summed E-state index contributed by atoms with van der Waals surface area (Å²) in [5.74, 6) is -0.278. The highest BCUT2D eigenvalue weighted by atomic mass is 35.5. The minimum atomic E-state index is -0.492. The Hall–Kier alpha value is -4.28. The van der Waals surface area contributed by atoms with E-state index in [0.717, 1.165) is 11.3 Å². The zero-order valence-corrected chi connectivity index (χ0v) is 22.3. The number of carbonyl (C=O) groups excluding carboxylic acids is 2. The van der Waals surface area contributed by atoms with Gasteiger partial charge in [0.25, 0.3) is 17.5 Å². The van der Waals surface area contributed by atoms with Crippen molar-refractivity contribution >= 4 is 51.8 Å². The lowest BCUT2D eigenvalue weighted by atomic mass is 10.1. The van der Waals surface area contributed by atoms with E-state index < -0.39 is 4.92 Å². The number of anilines is 2. The summed E-state index contributed by atoms with van der Waals surface area (Å²) in [6.07, 6.45) is 3.37. The monoisotopic (exact) mass is 561 g/mol. The van der Waals surface area contributed by atoms with E-state index in [9.17, 15) is 19.7 Å². The van der Waals surface area contributed by atoms with Crippen LogP contribution < -0.4 is 9.80 Å². The number of rotatable bonds is 7. The van der Waals surface area contributed by atoms with Gasteiger partial charge in [0.1, 0.15) is 0 Å². The molecule has 0 bridgehead atoms. The fourth-order valence-electron chi connectivity index (χ4n) is 4.43. The first-order chi connectivity index (χ1) is 18.9. The summed E-state index contributed by atoms with van der Waals surface area (Å²) in [6.45, 7) is 2.86. The Balaban J connectivity index is 1.31. The second-order valence-corrected chi connectivity index (χ2v) is 10.7. The van der Waals surface area contributed by atoms with Crippen molar-refractivity contribution < 1.29 is 14.5 Å². The molecule has 5 rings (SSSR count). The van der Waals surface area contributed by atoms with Crippen molar-refractivity contribution in [2.75, 3.05) is 36.0 Å². The molecule has 2 amide bonds. The maximum atomic E-state index is 13.5. The average molecular weight is 562 g/mol. The summed E-state index contributed by atoms with van der Waals surface area (Å²) in [5, 5.41) is 11.0. The molecule has 198 valence electrons. The molecule has 11 heteroatoms. The standard InChI is InChI=1S/C28H24ClN5O4S/c29-26-12-11-25(39-26)28(36)32-16-14-31(15-17-32)22-7-9-23(10-8-22)33(19-20-2-1-13-30-18-20)27(35)21-3-5-24(6-4-21)34(37)38/h1-13,18H,14-17,19H2. The highest BCUT2D eigenvalue weighted by Gasteiger charge is 2.24. The Bertz CT molecular complexity index is 1470. The first-order valence-electron chi connectivity index (χ1n) is 12.2. The highest BCUT2D eigenvalue weighted by molar-refractivity contribution is 7.17. The van der Waals surface area contributed by atoms with E-state index in [1.54, 1.807) is 29.4 Å². The SMILES string of the molecule is O=C(c1ccc(Cl)s1)N1CCN(c2ccc(N(Cc3cccnc3)C(=O)c3ccc([N+](=O)[O-])cc3)cc2)CC1. The number of benzene rings is 2. The molecular weight excluding hydrogens is 538 g/mol. The number of halogens is 1. The van der Waals surface area contributed by atoms with Crippen molar-refractivity contribution in [1.82, 2.24) is 9.88 Å². The molecule has 0 radical (unpaired) electrons. The lowest BCUT2D eigenvalue weighted by molar-refractivity contribution is -0.384. The van der Waals surface area contributed by atoms with Gasteiger partial charge in [-0.25, -0.2) is 0 Å². The molecule has 2 aromatic heterocycles. The summed E-state index contributed by atoms with van der Waals surface area (Å²) in [7, 11) is 0. The van der Waals surface area contributed by atoms with Crippen LogP contribution in [0.3, 0.4) is 0 Å². The van der Waals surface area contributed by atoms with Gasteiger partial charge in [0.05, 0.1) is 20.7 Å². The molecule has 0 saturated carbocycles. The number of piperazine rings is 1. The maximum absolute atomic E-state index is 13.5. The predicted molar refractivity (Wildman–Crippen MR) is 152 cm³/mol. The number of hydrogen-bond acceptors (Lipinski definition) is 7. The van der Waals surface area contributed by atoms with Crippen LogP contribution in [-0.2, 0) is 6.54 Å². The number of hydrogen-bond donors (Lipinski definition) is 0. The molecule has 39 heavy (non-hydrogen) atoms. The van der Waals surface area contributed by atoms with Crippen LogP contribution in [0.2, 0.25) is 4.34 Å². The van der Waals surface area contributed by atoms with Crippen molar-refractivity contribution in [1.29, 1.82) is 0 Å². The number of thiophene rings is 1. The van der Waals surface area contributed by atoms with E-state index in [-0.39, 0.29) is 24.0 Å². The first-order valence-corrected chi connectivity index (χ1v) is 13.4. The van der Waals surface area contributed by atoms with Gasteiger partial charge in [0, 0.05) is 67.6 Å². The lowest BCUT2D eigenvalue weighted by Gasteiger charge is -2.36. The first kappa shape index (κ1) is 26.3. The molecule has 1 aliphatic rings.